The van der Waals surface area contributed by atoms with Crippen LogP contribution < -0.4 is 0 Å². The van der Waals surface area contributed by atoms with E-state index in [1.807, 2.05) is 0 Å². The predicted molar refractivity (Wildman–Crippen MR) is 76.0 cm³/mol. The Balaban J connectivity index is 3.08. The molecule has 16 heavy (non-hydrogen) atoms. The highest BCUT2D eigenvalue weighted by atomic mass is 33.1. The topological polar surface area (TPSA) is 40.5 Å². The van der Waals surface area contributed by atoms with E-state index < -0.39 is 0 Å². The lowest BCUT2D eigenvalue weighted by atomic mass is 10.1. The van der Waals surface area contributed by atoms with E-state index in [0.717, 1.165) is 24.3 Å². The Bertz CT molecular complexity index is 134. The highest BCUT2D eigenvalue weighted by Gasteiger charge is 2.03. The van der Waals surface area contributed by atoms with E-state index in [0.29, 0.717) is 0 Å². The van der Waals surface area contributed by atoms with E-state index in [-0.39, 0.29) is 12.7 Å². The molecule has 1 unspecified atom stereocenters. The normalized spacial score (nSPS) is 12.9. The van der Waals surface area contributed by atoms with Gasteiger partial charge in [-0.25, -0.2) is 0 Å². The van der Waals surface area contributed by atoms with Crippen molar-refractivity contribution in [2.24, 2.45) is 0 Å². The van der Waals surface area contributed by atoms with Crippen molar-refractivity contribution >= 4 is 21.6 Å². The maximum Gasteiger partial charge on any atom is 0.0639 e. The van der Waals surface area contributed by atoms with E-state index >= 15 is 0 Å². The minimum atomic E-state index is -0.164. The smallest absolute Gasteiger partial charge is 0.0639 e. The molecule has 0 aromatic rings. The number of aliphatic hydroxyl groups excluding tert-OH is 2. The molecule has 0 heterocycles. The average molecular weight is 266 g/mol. The fraction of sp³-hybridized carbons (Fsp3) is 1.00. The Morgan fingerprint density at radius 3 is 2.38 bits per heavy atom. The molecule has 1 atom stereocenters. The first-order valence-electron chi connectivity index (χ1n) is 6.34. The Morgan fingerprint density at radius 1 is 1.00 bits per heavy atom. The quantitative estimate of drug-likeness (QED) is 0.419. The van der Waals surface area contributed by atoms with Gasteiger partial charge in [0.2, 0.25) is 0 Å². The second-order valence-corrected chi connectivity index (χ2v) is 6.67. The first-order chi connectivity index (χ1) is 7.81. The van der Waals surface area contributed by atoms with Crippen LogP contribution in [0.4, 0.5) is 0 Å². The molecule has 0 radical (unpaired) electrons. The van der Waals surface area contributed by atoms with Gasteiger partial charge in [0.25, 0.3) is 0 Å². The van der Waals surface area contributed by atoms with Crippen LogP contribution in [0, 0.1) is 0 Å². The fourth-order valence-corrected chi connectivity index (χ4v) is 3.42. The Kier molecular flexibility index (Phi) is 14.2. The van der Waals surface area contributed by atoms with Gasteiger partial charge in [0.05, 0.1) is 12.7 Å². The maximum absolute atomic E-state index is 9.65. The summed E-state index contributed by atoms with van der Waals surface area (Å²) in [4.78, 5) is 0. The van der Waals surface area contributed by atoms with Crippen LogP contribution >= 0.6 is 21.6 Å². The molecule has 0 aliphatic rings. The van der Waals surface area contributed by atoms with Crippen LogP contribution in [0.25, 0.3) is 0 Å². The van der Waals surface area contributed by atoms with Crippen molar-refractivity contribution in [1.29, 1.82) is 0 Å². The second-order valence-electron chi connectivity index (χ2n) is 4.04. The minimum absolute atomic E-state index is 0.164. The maximum atomic E-state index is 9.65. The number of unbranched alkanes of at least 4 members (excludes halogenated alkanes) is 5. The van der Waals surface area contributed by atoms with Crippen LogP contribution in [0.1, 0.15) is 51.9 Å². The van der Waals surface area contributed by atoms with Crippen LogP contribution in [0.3, 0.4) is 0 Å². The molecule has 0 saturated heterocycles. The molecule has 2 nitrogen and oxygen atoms in total. The van der Waals surface area contributed by atoms with Gasteiger partial charge in [-0.2, -0.15) is 0 Å². The van der Waals surface area contributed by atoms with Gasteiger partial charge in [-0.3, -0.25) is 0 Å². The molecule has 0 aromatic heterocycles. The van der Waals surface area contributed by atoms with E-state index in [1.54, 1.807) is 21.6 Å². The van der Waals surface area contributed by atoms with Crippen LogP contribution in [-0.2, 0) is 0 Å². The van der Waals surface area contributed by atoms with Gasteiger partial charge in [-0.1, -0.05) is 67.0 Å². The van der Waals surface area contributed by atoms with Crippen molar-refractivity contribution in [3.05, 3.63) is 0 Å². The molecule has 0 aliphatic heterocycles. The largest absolute Gasteiger partial charge is 0.395 e. The van der Waals surface area contributed by atoms with Crippen molar-refractivity contribution in [2.75, 3.05) is 18.1 Å². The third-order valence-electron chi connectivity index (χ3n) is 2.41. The van der Waals surface area contributed by atoms with E-state index in [1.165, 1.54) is 32.1 Å². The lowest BCUT2D eigenvalue weighted by Crippen LogP contribution is -2.08. The molecular weight excluding hydrogens is 240 g/mol. The van der Waals surface area contributed by atoms with Crippen molar-refractivity contribution < 1.29 is 10.2 Å². The monoisotopic (exact) mass is 266 g/mol. The molecule has 0 amide bonds. The average Bonchev–Trinajstić information content (AvgIpc) is 2.29. The van der Waals surface area contributed by atoms with Crippen molar-refractivity contribution in [3.8, 4) is 0 Å². The molecule has 0 aromatic carbocycles. The van der Waals surface area contributed by atoms with Crippen LogP contribution in [0.2, 0.25) is 0 Å². The Hall–Kier alpha value is 0.620. The van der Waals surface area contributed by atoms with E-state index in [4.69, 9.17) is 5.11 Å². The molecule has 0 rings (SSSR count). The zero-order valence-electron chi connectivity index (χ0n) is 10.4. The van der Waals surface area contributed by atoms with Crippen LogP contribution in [-0.4, -0.2) is 34.4 Å². The Labute approximate surface area is 108 Å². The summed E-state index contributed by atoms with van der Waals surface area (Å²) in [6.07, 6.45) is 8.46. The molecule has 0 fully saturated rings. The third kappa shape index (κ3) is 12.7. The molecule has 0 spiro atoms. The van der Waals surface area contributed by atoms with E-state index in [2.05, 4.69) is 6.92 Å². The minimum Gasteiger partial charge on any atom is -0.395 e. The summed E-state index contributed by atoms with van der Waals surface area (Å²) in [5, 5.41) is 18.2. The molecule has 4 heteroatoms. The zero-order chi connectivity index (χ0) is 12.1. The number of hydrogen-bond donors (Lipinski definition) is 2. The highest BCUT2D eigenvalue weighted by Crippen LogP contribution is 2.22. The predicted octanol–water partition coefficient (Wildman–Crippen LogP) is 3.47. The van der Waals surface area contributed by atoms with Gasteiger partial charge in [0.15, 0.2) is 0 Å². The molecular formula is C12H26O2S2. The van der Waals surface area contributed by atoms with Crippen LogP contribution in [0.15, 0.2) is 0 Å². The molecule has 0 saturated carbocycles. The summed E-state index contributed by atoms with van der Waals surface area (Å²) < 4.78 is 0. The van der Waals surface area contributed by atoms with Crippen molar-refractivity contribution in [2.45, 2.75) is 58.0 Å². The van der Waals surface area contributed by atoms with Crippen LogP contribution in [0.5, 0.6) is 0 Å². The summed E-state index contributed by atoms with van der Waals surface area (Å²) in [5.74, 6) is 1.55. The number of hydrogen-bond acceptors (Lipinski definition) is 4. The lowest BCUT2D eigenvalue weighted by molar-refractivity contribution is 0.185. The standard InChI is InChI=1S/C12H26O2S2/c1-2-3-4-5-6-7-8-12(14)11-16-15-10-9-13/h12-14H,2-11H2,1H3. The summed E-state index contributed by atoms with van der Waals surface area (Å²) in [7, 11) is 3.30. The van der Waals surface area contributed by atoms with Gasteiger partial charge in [0, 0.05) is 11.5 Å². The molecule has 0 bridgehead atoms. The lowest BCUT2D eigenvalue weighted by Gasteiger charge is -2.09. The molecule has 2 N–H and O–H groups in total. The van der Waals surface area contributed by atoms with Gasteiger partial charge >= 0.3 is 0 Å². The zero-order valence-corrected chi connectivity index (χ0v) is 12.0. The fourth-order valence-electron chi connectivity index (χ4n) is 1.47. The van der Waals surface area contributed by atoms with Gasteiger partial charge in [-0.05, 0) is 6.42 Å². The molecule has 98 valence electrons. The van der Waals surface area contributed by atoms with E-state index in [9.17, 15) is 5.11 Å². The summed E-state index contributed by atoms with van der Waals surface area (Å²) in [6, 6.07) is 0. The third-order valence-corrected chi connectivity index (χ3v) is 4.85. The number of rotatable bonds is 12. The van der Waals surface area contributed by atoms with Gasteiger partial charge in [0.1, 0.15) is 0 Å². The second kappa shape index (κ2) is 13.7. The molecule has 0 aliphatic carbocycles. The highest BCUT2D eigenvalue weighted by molar-refractivity contribution is 8.76. The first kappa shape index (κ1) is 16.6. The number of aliphatic hydroxyl groups is 2. The van der Waals surface area contributed by atoms with Gasteiger partial charge < -0.3 is 10.2 Å². The summed E-state index contributed by atoms with van der Waals surface area (Å²) >= 11 is 0. The first-order valence-corrected chi connectivity index (χ1v) is 8.83. The van der Waals surface area contributed by atoms with Crippen molar-refractivity contribution in [1.82, 2.24) is 0 Å². The van der Waals surface area contributed by atoms with Gasteiger partial charge in [-0.15, -0.1) is 0 Å². The summed E-state index contributed by atoms with van der Waals surface area (Å²) in [5.41, 5.74) is 0. The summed E-state index contributed by atoms with van der Waals surface area (Å²) in [6.45, 7) is 2.45. The Morgan fingerprint density at radius 2 is 1.69 bits per heavy atom. The SMILES string of the molecule is CCCCCCCCC(O)CSSCCO. The van der Waals surface area contributed by atoms with Crippen molar-refractivity contribution in [3.63, 3.8) is 0 Å².